The summed E-state index contributed by atoms with van der Waals surface area (Å²) in [5, 5.41) is 2.82. The van der Waals surface area contributed by atoms with Crippen LogP contribution in [0.1, 0.15) is 24.1 Å². The Kier molecular flexibility index (Phi) is 6.79. The number of nitrogens with one attached hydrogen (secondary N) is 1. The number of carbonyl (C=O) groups is 3. The van der Waals surface area contributed by atoms with Crippen LogP contribution in [0, 0.1) is 0 Å². The molecule has 0 aromatic heterocycles. The molecule has 1 atom stereocenters. The highest BCUT2D eigenvalue weighted by Gasteiger charge is 2.43. The zero-order valence-electron chi connectivity index (χ0n) is 19.1. The number of benzene rings is 3. The number of thioether (sulfide) groups is 1. The molecule has 3 aromatic rings. The van der Waals surface area contributed by atoms with E-state index >= 15 is 0 Å². The average Bonchev–Trinajstić information content (AvgIpc) is 3.31. The first kappa shape index (κ1) is 24.4. The van der Waals surface area contributed by atoms with E-state index < -0.39 is 5.91 Å². The van der Waals surface area contributed by atoms with Gasteiger partial charge in [0.25, 0.3) is 11.8 Å². The molecule has 1 N–H and O–H groups in total. The lowest BCUT2D eigenvalue weighted by Gasteiger charge is -2.23. The molecule has 180 valence electrons. The molecule has 6 nitrogen and oxygen atoms in total. The van der Waals surface area contributed by atoms with Gasteiger partial charge in [0.1, 0.15) is 10.9 Å². The summed E-state index contributed by atoms with van der Waals surface area (Å²) in [6.07, 6.45) is 0. The van der Waals surface area contributed by atoms with Crippen LogP contribution in [0.5, 0.6) is 0 Å². The Hall–Kier alpha value is -3.27. The molecule has 0 aliphatic carbocycles. The molecule has 36 heavy (non-hydrogen) atoms. The van der Waals surface area contributed by atoms with E-state index in [0.29, 0.717) is 21.3 Å². The Bertz CT molecular complexity index is 1440. The molecule has 1 fully saturated rings. The van der Waals surface area contributed by atoms with Gasteiger partial charge < -0.3 is 5.32 Å². The highest BCUT2D eigenvalue weighted by Crippen LogP contribution is 2.46. The van der Waals surface area contributed by atoms with Gasteiger partial charge >= 0.3 is 0 Å². The zero-order valence-corrected chi connectivity index (χ0v) is 22.3. The third kappa shape index (κ3) is 4.50. The smallest absolute Gasteiger partial charge is 0.267 e. The van der Waals surface area contributed by atoms with Gasteiger partial charge in [-0.3, -0.25) is 24.2 Å². The normalized spacial score (nSPS) is 18.0. The molecule has 1 saturated heterocycles. The molecule has 2 aliphatic heterocycles. The van der Waals surface area contributed by atoms with Crippen LogP contribution in [-0.4, -0.2) is 33.5 Å². The van der Waals surface area contributed by atoms with Crippen LogP contribution in [0.4, 0.5) is 11.4 Å². The van der Waals surface area contributed by atoms with Crippen molar-refractivity contribution in [2.24, 2.45) is 0 Å². The molecule has 0 unspecified atom stereocenters. The monoisotopic (exact) mass is 577 g/mol. The maximum absolute atomic E-state index is 13.6. The van der Waals surface area contributed by atoms with Crippen LogP contribution in [0.2, 0.25) is 0 Å². The summed E-state index contributed by atoms with van der Waals surface area (Å²) in [5.74, 6) is -1.05. The van der Waals surface area contributed by atoms with E-state index in [1.165, 1.54) is 4.90 Å². The molecule has 0 saturated carbocycles. The highest BCUT2D eigenvalue weighted by atomic mass is 79.9. The first-order chi connectivity index (χ1) is 17.3. The predicted octanol–water partition coefficient (Wildman–Crippen LogP) is 5.77. The Labute approximate surface area is 226 Å². The lowest BCUT2D eigenvalue weighted by Crippen LogP contribution is -2.35. The number of para-hydroxylation sites is 1. The van der Waals surface area contributed by atoms with Crippen molar-refractivity contribution in [2.75, 3.05) is 16.8 Å². The number of hydrogen-bond donors (Lipinski definition) is 1. The summed E-state index contributed by atoms with van der Waals surface area (Å²) in [6.45, 7) is 1.73. The minimum Gasteiger partial charge on any atom is -0.324 e. The van der Waals surface area contributed by atoms with Crippen molar-refractivity contribution in [3.8, 4) is 0 Å². The summed E-state index contributed by atoms with van der Waals surface area (Å²) < 4.78 is 1.23. The van der Waals surface area contributed by atoms with Crippen LogP contribution >= 0.6 is 39.9 Å². The van der Waals surface area contributed by atoms with Gasteiger partial charge in [-0.05, 0) is 36.8 Å². The number of hydrogen-bond acceptors (Lipinski definition) is 5. The molecular weight excluding hydrogens is 558 g/mol. The summed E-state index contributed by atoms with van der Waals surface area (Å²) >= 11 is 10.1. The molecule has 0 bridgehead atoms. The van der Waals surface area contributed by atoms with Crippen molar-refractivity contribution in [3.63, 3.8) is 0 Å². The van der Waals surface area contributed by atoms with Crippen LogP contribution in [-0.2, 0) is 14.4 Å². The lowest BCUT2D eigenvalue weighted by atomic mass is 10.1. The fourth-order valence-electron chi connectivity index (χ4n) is 4.31. The Balaban J connectivity index is 1.46. The summed E-state index contributed by atoms with van der Waals surface area (Å²) in [6, 6.07) is 23.7. The first-order valence-electron chi connectivity index (χ1n) is 11.2. The largest absolute Gasteiger partial charge is 0.324 e. The highest BCUT2D eigenvalue weighted by molar-refractivity contribution is 9.10. The predicted molar refractivity (Wildman–Crippen MR) is 150 cm³/mol. The van der Waals surface area contributed by atoms with E-state index in [4.69, 9.17) is 12.2 Å². The second kappa shape index (κ2) is 10.0. The lowest BCUT2D eigenvalue weighted by molar-refractivity contribution is -0.123. The van der Waals surface area contributed by atoms with Crippen molar-refractivity contribution in [3.05, 3.63) is 99.4 Å². The van der Waals surface area contributed by atoms with Crippen LogP contribution in [0.15, 0.2) is 88.2 Å². The Morgan fingerprint density at radius 3 is 2.47 bits per heavy atom. The van der Waals surface area contributed by atoms with Gasteiger partial charge in [-0.2, -0.15) is 0 Å². The Morgan fingerprint density at radius 1 is 1.00 bits per heavy atom. The SMILES string of the molecule is C[C@@H](c1ccccc1)N1C(=O)/C(=C2/C(=O)N(CC(=O)Nc3cccc(Br)c3)c3ccccc32)SC1=S. The molecule has 0 radical (unpaired) electrons. The fourth-order valence-corrected chi connectivity index (χ4v) is 6.20. The Morgan fingerprint density at radius 2 is 1.72 bits per heavy atom. The molecule has 2 heterocycles. The molecular formula is C27H20BrN3O3S2. The van der Waals surface area contributed by atoms with Crippen molar-refractivity contribution in [2.45, 2.75) is 13.0 Å². The summed E-state index contributed by atoms with van der Waals surface area (Å²) in [7, 11) is 0. The summed E-state index contributed by atoms with van der Waals surface area (Å²) in [5.41, 5.74) is 3.05. The van der Waals surface area contributed by atoms with Gasteiger partial charge in [-0.1, -0.05) is 94.5 Å². The van der Waals surface area contributed by atoms with Gasteiger partial charge in [0.2, 0.25) is 5.91 Å². The van der Waals surface area contributed by atoms with Crippen LogP contribution in [0.3, 0.4) is 0 Å². The summed E-state index contributed by atoms with van der Waals surface area (Å²) in [4.78, 5) is 43.3. The molecule has 0 spiro atoms. The van der Waals surface area contributed by atoms with Crippen molar-refractivity contribution >= 4 is 78.9 Å². The van der Waals surface area contributed by atoms with Gasteiger partial charge in [0, 0.05) is 15.7 Å². The number of thiocarbonyl (C=S) groups is 1. The van der Waals surface area contributed by atoms with E-state index in [9.17, 15) is 14.4 Å². The molecule has 5 rings (SSSR count). The second-order valence-electron chi connectivity index (χ2n) is 8.30. The topological polar surface area (TPSA) is 69.7 Å². The first-order valence-corrected chi connectivity index (χ1v) is 13.2. The van der Waals surface area contributed by atoms with Crippen molar-refractivity contribution in [1.82, 2.24) is 4.90 Å². The zero-order chi connectivity index (χ0) is 25.4. The van der Waals surface area contributed by atoms with E-state index in [2.05, 4.69) is 21.2 Å². The van der Waals surface area contributed by atoms with Crippen LogP contribution < -0.4 is 10.2 Å². The number of nitrogens with zero attached hydrogens (tertiary/aromatic N) is 2. The van der Waals surface area contributed by atoms with E-state index in [0.717, 1.165) is 21.8 Å². The van der Waals surface area contributed by atoms with E-state index in [1.807, 2.05) is 55.5 Å². The van der Waals surface area contributed by atoms with Crippen LogP contribution in [0.25, 0.3) is 5.57 Å². The van der Waals surface area contributed by atoms with Crippen molar-refractivity contribution < 1.29 is 14.4 Å². The number of rotatable bonds is 5. The number of carbonyl (C=O) groups excluding carboxylic acids is 3. The van der Waals surface area contributed by atoms with E-state index in [1.54, 1.807) is 35.2 Å². The van der Waals surface area contributed by atoms with Gasteiger partial charge in [0.05, 0.1) is 22.2 Å². The number of amides is 3. The molecule has 3 aromatic carbocycles. The van der Waals surface area contributed by atoms with Crippen molar-refractivity contribution in [1.29, 1.82) is 0 Å². The molecule has 2 aliphatic rings. The maximum atomic E-state index is 13.6. The number of halogens is 1. The maximum Gasteiger partial charge on any atom is 0.267 e. The van der Waals surface area contributed by atoms with Gasteiger partial charge in [-0.25, -0.2) is 0 Å². The number of anilines is 2. The molecule has 9 heteroatoms. The third-order valence-corrected chi connectivity index (χ3v) is 7.92. The fraction of sp³-hybridized carbons (Fsp3) is 0.111. The molecule has 3 amide bonds. The second-order valence-corrected chi connectivity index (χ2v) is 10.9. The number of fused-ring (bicyclic) bond motifs is 1. The standard InChI is InChI=1S/C27H20BrN3O3S2/c1-16(17-8-3-2-4-9-17)31-26(34)24(36-27(31)35)23-20-12-5-6-13-21(20)30(25(23)33)15-22(32)29-19-11-7-10-18(28)14-19/h2-14,16H,15H2,1H3,(H,29,32)/b24-23-/t16-/m0/s1. The minimum atomic E-state index is -0.395. The third-order valence-electron chi connectivity index (χ3n) is 6.03. The van der Waals surface area contributed by atoms with E-state index in [-0.39, 0.29) is 34.9 Å². The average molecular weight is 579 g/mol. The van der Waals surface area contributed by atoms with Gasteiger partial charge in [-0.15, -0.1) is 0 Å². The minimum absolute atomic E-state index is 0.188. The van der Waals surface area contributed by atoms with Gasteiger partial charge in [0.15, 0.2) is 0 Å². The quantitative estimate of drug-likeness (QED) is 0.308.